The molecule has 4 aromatic rings. The molecule has 3 aliphatic heterocycles. The van der Waals surface area contributed by atoms with Crippen LogP contribution >= 0.6 is 11.6 Å². The van der Waals surface area contributed by atoms with Gasteiger partial charge in [-0.05, 0) is 62.7 Å². The zero-order valence-corrected chi connectivity index (χ0v) is 25.6. The van der Waals surface area contributed by atoms with Gasteiger partial charge in [0.05, 0.1) is 18.8 Å². The minimum atomic E-state index is -0.554. The van der Waals surface area contributed by atoms with E-state index in [9.17, 15) is 4.79 Å². The van der Waals surface area contributed by atoms with E-state index in [1.807, 2.05) is 48.2 Å². The first-order valence-corrected chi connectivity index (χ1v) is 15.7. The normalized spacial score (nSPS) is 20.0. The Morgan fingerprint density at radius 2 is 1.95 bits per heavy atom. The summed E-state index contributed by atoms with van der Waals surface area (Å²) in [5.74, 6) is -0.0227. The Bertz CT molecular complexity index is 1810. The molecule has 0 aliphatic carbocycles. The van der Waals surface area contributed by atoms with Crippen LogP contribution in [0, 0.1) is 11.7 Å². The fraction of sp³-hybridized carbons (Fsp3) is 0.382. The van der Waals surface area contributed by atoms with Crippen molar-refractivity contribution in [1.29, 1.82) is 0 Å². The second kappa shape index (κ2) is 11.5. The summed E-state index contributed by atoms with van der Waals surface area (Å²) in [6.45, 7) is 7.47. The van der Waals surface area contributed by atoms with E-state index < -0.39 is 5.82 Å². The number of carbonyl (C=O) groups excluding carboxylic acids is 1. The van der Waals surface area contributed by atoms with Crippen LogP contribution in [0.1, 0.15) is 32.1 Å². The number of nitrogens with zero attached hydrogens (tertiary/aromatic N) is 6. The number of rotatable bonds is 7. The summed E-state index contributed by atoms with van der Waals surface area (Å²) in [7, 11) is 1.88. The average Bonchev–Trinajstić information content (AvgIpc) is 3.76. The highest BCUT2D eigenvalue weighted by atomic mass is 35.5. The molecule has 7 rings (SSSR count). The SMILES string of the molecule is C=CC(=O)N1CCC(C=[N+](C)c2nc(OCC34CCCN3CCC4)nc3c(F)c(-c4cccc5cccc(Cl)c45)ncc23)C1. The molecule has 0 bridgehead atoms. The van der Waals surface area contributed by atoms with Gasteiger partial charge in [-0.1, -0.05) is 48.5 Å². The fourth-order valence-electron chi connectivity index (χ4n) is 7.32. The van der Waals surface area contributed by atoms with E-state index in [1.165, 1.54) is 6.08 Å². The van der Waals surface area contributed by atoms with Crippen molar-refractivity contribution in [3.63, 3.8) is 0 Å². The number of amides is 1. The van der Waals surface area contributed by atoms with E-state index in [0.717, 1.165) is 56.0 Å². The fourth-order valence-corrected chi connectivity index (χ4v) is 7.60. The molecule has 1 amide bonds. The van der Waals surface area contributed by atoms with Crippen molar-refractivity contribution in [3.8, 4) is 17.3 Å². The molecule has 1 atom stereocenters. The smallest absolute Gasteiger partial charge is 0.434 e. The molecular weight excluding hydrogens is 579 g/mol. The van der Waals surface area contributed by atoms with Gasteiger partial charge in [0.25, 0.3) is 0 Å². The van der Waals surface area contributed by atoms with Gasteiger partial charge in [-0.25, -0.2) is 8.97 Å². The number of benzene rings is 2. The molecule has 0 saturated carbocycles. The average molecular weight is 614 g/mol. The largest absolute Gasteiger partial charge is 0.443 e. The quantitative estimate of drug-likeness (QED) is 0.144. The Balaban J connectivity index is 1.32. The van der Waals surface area contributed by atoms with Crippen molar-refractivity contribution in [2.45, 2.75) is 37.6 Å². The number of likely N-dealkylation sites (tertiary alicyclic amines) is 1. The van der Waals surface area contributed by atoms with Crippen molar-refractivity contribution < 1.29 is 18.5 Å². The van der Waals surface area contributed by atoms with Gasteiger partial charge in [-0.2, -0.15) is 4.98 Å². The zero-order chi connectivity index (χ0) is 30.4. The lowest BCUT2D eigenvalue weighted by Crippen LogP contribution is -2.43. The third-order valence-corrected chi connectivity index (χ3v) is 9.83. The molecule has 5 heterocycles. The van der Waals surface area contributed by atoms with Crippen LogP contribution < -0.4 is 4.74 Å². The van der Waals surface area contributed by atoms with Crippen LogP contribution in [-0.4, -0.2) is 86.8 Å². The van der Waals surface area contributed by atoms with E-state index in [0.29, 0.717) is 41.5 Å². The summed E-state index contributed by atoms with van der Waals surface area (Å²) in [6, 6.07) is 11.4. The molecule has 3 fully saturated rings. The Morgan fingerprint density at radius 3 is 2.73 bits per heavy atom. The molecule has 0 radical (unpaired) electrons. The van der Waals surface area contributed by atoms with Crippen LogP contribution in [0.2, 0.25) is 5.02 Å². The third kappa shape index (κ3) is 5.02. The van der Waals surface area contributed by atoms with Crippen LogP contribution in [0.5, 0.6) is 6.01 Å². The summed E-state index contributed by atoms with van der Waals surface area (Å²) >= 11 is 6.60. The van der Waals surface area contributed by atoms with E-state index in [-0.39, 0.29) is 34.6 Å². The monoisotopic (exact) mass is 613 g/mol. The van der Waals surface area contributed by atoms with Crippen LogP contribution in [0.3, 0.4) is 0 Å². The van der Waals surface area contributed by atoms with Crippen LogP contribution in [0.15, 0.2) is 55.3 Å². The molecule has 3 saturated heterocycles. The maximum atomic E-state index is 16.6. The number of halogens is 2. The second-order valence-electron chi connectivity index (χ2n) is 12.2. The highest BCUT2D eigenvalue weighted by molar-refractivity contribution is 6.36. The minimum absolute atomic E-state index is 0.0108. The van der Waals surface area contributed by atoms with Crippen molar-refractivity contribution in [1.82, 2.24) is 24.8 Å². The predicted octanol–water partition coefficient (Wildman–Crippen LogP) is 6.02. The van der Waals surface area contributed by atoms with Gasteiger partial charge in [0.15, 0.2) is 5.82 Å². The molecule has 2 aromatic heterocycles. The number of carbonyl (C=O) groups is 1. The standard InChI is InChI=1S/C34H35ClFN6O2/c1-3-27(43)41-17-12-22(20-41)19-40(2)32-25-18-37-30(24-10-4-8-23-9-5-11-26(35)28(23)24)29(36)31(25)38-33(39-32)44-21-34-13-6-15-42(34)16-7-14-34/h3-5,8-11,18-19,22H,1,6-7,12-17,20-21H2,2H3/q+1. The first kappa shape index (κ1) is 28.8. The van der Waals surface area contributed by atoms with Gasteiger partial charge < -0.3 is 9.64 Å². The molecule has 3 aliphatic rings. The molecule has 0 spiro atoms. The lowest BCUT2D eigenvalue weighted by Gasteiger charge is -2.30. The maximum Gasteiger partial charge on any atom is 0.434 e. The van der Waals surface area contributed by atoms with Gasteiger partial charge in [-0.3, -0.25) is 14.7 Å². The minimum Gasteiger partial charge on any atom is -0.443 e. The number of fused-ring (bicyclic) bond motifs is 3. The van der Waals surface area contributed by atoms with Gasteiger partial charge in [0.2, 0.25) is 5.91 Å². The molecule has 0 N–H and O–H groups in total. The zero-order valence-electron chi connectivity index (χ0n) is 24.8. The number of pyridine rings is 1. The first-order valence-electron chi connectivity index (χ1n) is 15.3. The third-order valence-electron chi connectivity index (χ3n) is 9.51. The molecular formula is C34H35ClFN6O2+. The summed E-state index contributed by atoms with van der Waals surface area (Å²) in [5, 5.41) is 2.64. The van der Waals surface area contributed by atoms with E-state index in [4.69, 9.17) is 21.3 Å². The summed E-state index contributed by atoms with van der Waals surface area (Å²) in [6.07, 6.45) is 10.3. The van der Waals surface area contributed by atoms with Crippen molar-refractivity contribution in [2.75, 3.05) is 39.8 Å². The first-order chi connectivity index (χ1) is 21.4. The Morgan fingerprint density at radius 1 is 1.18 bits per heavy atom. The van der Waals surface area contributed by atoms with E-state index in [2.05, 4.69) is 21.4 Å². The van der Waals surface area contributed by atoms with Crippen molar-refractivity contribution in [2.24, 2.45) is 5.92 Å². The van der Waals surface area contributed by atoms with E-state index in [1.54, 1.807) is 17.2 Å². The highest BCUT2D eigenvalue weighted by Crippen LogP contribution is 2.40. The number of ether oxygens (including phenoxy) is 1. The van der Waals surface area contributed by atoms with Gasteiger partial charge in [0, 0.05) is 46.2 Å². The molecule has 2 aromatic carbocycles. The summed E-state index contributed by atoms with van der Waals surface area (Å²) in [4.78, 5) is 30.5. The van der Waals surface area contributed by atoms with E-state index >= 15 is 4.39 Å². The Hall–Kier alpha value is -3.95. The summed E-state index contributed by atoms with van der Waals surface area (Å²) < 4.78 is 24.9. The molecule has 1 unspecified atom stereocenters. The lowest BCUT2D eigenvalue weighted by atomic mass is 9.95. The van der Waals surface area contributed by atoms with Crippen LogP contribution in [0.25, 0.3) is 32.9 Å². The topological polar surface area (TPSA) is 74.5 Å². The molecule has 8 nitrogen and oxygen atoms in total. The van der Waals surface area contributed by atoms with Crippen LogP contribution in [0.4, 0.5) is 10.2 Å². The second-order valence-corrected chi connectivity index (χ2v) is 12.6. The number of hydrogen-bond donors (Lipinski definition) is 0. The number of hydrogen-bond acceptors (Lipinski definition) is 6. The predicted molar refractivity (Wildman–Crippen MR) is 170 cm³/mol. The van der Waals surface area contributed by atoms with Crippen molar-refractivity contribution in [3.05, 3.63) is 66.1 Å². The molecule has 226 valence electrons. The number of aromatic nitrogens is 3. The maximum absolute atomic E-state index is 16.6. The molecule has 10 heteroatoms. The Kier molecular flexibility index (Phi) is 7.54. The van der Waals surface area contributed by atoms with Gasteiger partial charge in [0.1, 0.15) is 23.2 Å². The van der Waals surface area contributed by atoms with Gasteiger partial charge in [-0.15, -0.1) is 0 Å². The molecule has 44 heavy (non-hydrogen) atoms. The van der Waals surface area contributed by atoms with Crippen molar-refractivity contribution >= 4 is 51.2 Å². The summed E-state index contributed by atoms with van der Waals surface area (Å²) in [5.41, 5.74) is 0.897. The highest BCUT2D eigenvalue weighted by Gasteiger charge is 2.45. The lowest BCUT2D eigenvalue weighted by molar-refractivity contribution is -0.405. The Labute approximate surface area is 260 Å². The van der Waals surface area contributed by atoms with Gasteiger partial charge >= 0.3 is 11.8 Å². The van der Waals surface area contributed by atoms with Crippen LogP contribution in [-0.2, 0) is 4.79 Å².